The fourth-order valence-corrected chi connectivity index (χ4v) is 4.48. The lowest BCUT2D eigenvalue weighted by Gasteiger charge is -2.16. The van der Waals surface area contributed by atoms with Crippen LogP contribution in [0.2, 0.25) is 0 Å². The van der Waals surface area contributed by atoms with Crippen LogP contribution in [-0.4, -0.2) is 87.4 Å². The van der Waals surface area contributed by atoms with Gasteiger partial charge in [0.1, 0.15) is 49.2 Å². The van der Waals surface area contributed by atoms with Gasteiger partial charge in [0.25, 0.3) is 0 Å². The molecule has 0 radical (unpaired) electrons. The monoisotopic (exact) mass is 521 g/mol. The Morgan fingerprint density at radius 2 is 1.69 bits per heavy atom. The van der Waals surface area contributed by atoms with Crippen molar-refractivity contribution in [2.45, 2.75) is 31.3 Å². The maximum absolute atomic E-state index is 12.4. The molecule has 1 aliphatic rings. The zero-order chi connectivity index (χ0) is 25.2. The molecule has 0 aromatic carbocycles. The first-order chi connectivity index (χ1) is 17.5. The largest absolute Gasteiger partial charge is 0.697 e. The average molecular weight is 521 g/mol. The Balaban J connectivity index is 1.14. The lowest BCUT2D eigenvalue weighted by molar-refractivity contribution is -0.0505. The van der Waals surface area contributed by atoms with Crippen molar-refractivity contribution in [1.29, 1.82) is 0 Å². The zero-order valence-electron chi connectivity index (χ0n) is 18.6. The maximum atomic E-state index is 12.4. The topological polar surface area (TPSA) is 234 Å². The number of imidazole rings is 2. The summed E-state index contributed by atoms with van der Waals surface area (Å²) in [5, 5.41) is 20.5. The first-order valence-electron chi connectivity index (χ1n) is 10.6. The third-order valence-corrected chi connectivity index (χ3v) is 6.25. The van der Waals surface area contributed by atoms with Crippen LogP contribution in [0.4, 0.5) is 11.6 Å². The van der Waals surface area contributed by atoms with Gasteiger partial charge in [-0.05, 0) is 0 Å². The van der Waals surface area contributed by atoms with E-state index in [4.69, 9.17) is 30.0 Å². The quantitative estimate of drug-likeness (QED) is 0.146. The lowest BCUT2D eigenvalue weighted by Crippen LogP contribution is -2.34. The molecule has 5 atom stereocenters. The van der Waals surface area contributed by atoms with E-state index in [0.29, 0.717) is 22.3 Å². The van der Waals surface area contributed by atoms with Gasteiger partial charge < -0.3 is 31.2 Å². The Hall–Kier alpha value is -3.44. The van der Waals surface area contributed by atoms with E-state index in [2.05, 4.69) is 29.9 Å². The summed E-state index contributed by atoms with van der Waals surface area (Å²) in [6.45, 7) is -0.396. The number of nitrogens with zero attached hydrogens (tertiary/aromatic N) is 8. The van der Waals surface area contributed by atoms with E-state index >= 15 is 0 Å². The number of aliphatic hydroxyl groups excluding tert-OH is 2. The minimum absolute atomic E-state index is 0.0712. The Morgan fingerprint density at radius 1 is 1.00 bits per heavy atom. The summed E-state index contributed by atoms with van der Waals surface area (Å²) in [7, 11) is -2.67. The Morgan fingerprint density at radius 3 is 2.44 bits per heavy atom. The zero-order valence-corrected chi connectivity index (χ0v) is 19.5. The Labute approximate surface area is 203 Å². The first kappa shape index (κ1) is 24.3. The van der Waals surface area contributed by atoms with E-state index in [1.807, 2.05) is 0 Å². The van der Waals surface area contributed by atoms with Crippen molar-refractivity contribution in [3.05, 3.63) is 25.3 Å². The van der Waals surface area contributed by atoms with Crippen molar-refractivity contribution in [2.75, 3.05) is 31.3 Å². The highest BCUT2D eigenvalue weighted by molar-refractivity contribution is 7.33. The molecule has 0 bridgehead atoms. The van der Waals surface area contributed by atoms with Crippen LogP contribution in [0, 0.1) is 0 Å². The second-order valence-corrected chi connectivity index (χ2v) is 8.55. The summed E-state index contributed by atoms with van der Waals surface area (Å²) in [5.41, 5.74) is 13.2. The standard InChI is InChI=1S/C18H22N10O7P/c19-14-10-16(23-4-21-14)27(6-25-10)8-32-1-2-33-36(31)35-13-9(3-29)34-18(12(13)30)28-7-26-11-15(20)22-5-24-17(11)28/h4-7,9,12-13,18,29-30H,1-3,8H2,(H2,19,21,23)(H2,20,22,24)/q+1/t9-,12+,13-,18-/m1/s1. The fourth-order valence-electron chi connectivity index (χ4n) is 3.74. The molecule has 36 heavy (non-hydrogen) atoms. The molecule has 0 aliphatic carbocycles. The molecule has 18 heteroatoms. The number of anilines is 2. The van der Waals surface area contributed by atoms with Crippen LogP contribution in [-0.2, 0) is 29.8 Å². The van der Waals surface area contributed by atoms with E-state index < -0.39 is 39.4 Å². The third-order valence-electron chi connectivity index (χ3n) is 5.44. The number of rotatable bonds is 10. The van der Waals surface area contributed by atoms with Crippen LogP contribution in [0.1, 0.15) is 6.23 Å². The Kier molecular flexibility index (Phi) is 6.92. The van der Waals surface area contributed by atoms with E-state index in [0.717, 1.165) is 0 Å². The number of aromatic nitrogens is 8. The van der Waals surface area contributed by atoms with E-state index in [9.17, 15) is 14.8 Å². The number of aliphatic hydroxyl groups is 2. The molecule has 6 N–H and O–H groups in total. The van der Waals surface area contributed by atoms with E-state index in [-0.39, 0.29) is 31.6 Å². The molecule has 0 amide bonds. The Bertz CT molecular complexity index is 1380. The molecule has 1 saturated heterocycles. The number of ether oxygens (including phenoxy) is 2. The molecule has 1 fully saturated rings. The summed E-state index contributed by atoms with van der Waals surface area (Å²) in [5.74, 6) is 0.423. The molecular weight excluding hydrogens is 499 g/mol. The molecule has 0 saturated carbocycles. The van der Waals surface area contributed by atoms with Gasteiger partial charge in [0.15, 0.2) is 35.3 Å². The third kappa shape index (κ3) is 4.56. The van der Waals surface area contributed by atoms with Crippen molar-refractivity contribution < 1.29 is 33.3 Å². The van der Waals surface area contributed by atoms with Crippen LogP contribution in [0.3, 0.4) is 0 Å². The number of hydrogen-bond donors (Lipinski definition) is 4. The van der Waals surface area contributed by atoms with Gasteiger partial charge in [-0.25, -0.2) is 29.9 Å². The number of hydrogen-bond acceptors (Lipinski definition) is 15. The summed E-state index contributed by atoms with van der Waals surface area (Å²) in [6.07, 6.45) is 0.979. The smallest absolute Gasteiger partial charge is 0.394 e. The van der Waals surface area contributed by atoms with Crippen LogP contribution in [0.5, 0.6) is 0 Å². The maximum Gasteiger partial charge on any atom is 0.697 e. The van der Waals surface area contributed by atoms with Crippen molar-refractivity contribution in [3.8, 4) is 0 Å². The van der Waals surface area contributed by atoms with E-state index in [1.165, 1.54) is 29.9 Å². The SMILES string of the molecule is Nc1ncnc2c1ncn2COCCO[P+](=O)O[C@H]1[C@H](O)[C@H](n2cnc3c(N)ncnc32)O[C@@H]1CO. The molecule has 4 aromatic rings. The van der Waals surface area contributed by atoms with Crippen molar-refractivity contribution >= 4 is 42.2 Å². The summed E-state index contributed by atoms with van der Waals surface area (Å²) >= 11 is 0. The molecule has 5 rings (SSSR count). The minimum Gasteiger partial charge on any atom is -0.394 e. The van der Waals surface area contributed by atoms with Crippen LogP contribution in [0.15, 0.2) is 25.3 Å². The minimum atomic E-state index is -2.67. The molecule has 17 nitrogen and oxygen atoms in total. The highest BCUT2D eigenvalue weighted by Crippen LogP contribution is 2.38. The van der Waals surface area contributed by atoms with Crippen molar-refractivity contribution in [2.24, 2.45) is 0 Å². The fraction of sp³-hybridized carbons (Fsp3) is 0.444. The van der Waals surface area contributed by atoms with Crippen molar-refractivity contribution in [3.63, 3.8) is 0 Å². The van der Waals surface area contributed by atoms with Gasteiger partial charge in [-0.1, -0.05) is 0 Å². The first-order valence-corrected chi connectivity index (χ1v) is 11.7. The predicted octanol–water partition coefficient (Wildman–Crippen LogP) is -0.885. The molecule has 5 heterocycles. The summed E-state index contributed by atoms with van der Waals surface area (Å²) < 4.78 is 37.2. The number of nitrogens with two attached hydrogens (primary N) is 2. The summed E-state index contributed by atoms with van der Waals surface area (Å²) in [6, 6.07) is 0. The summed E-state index contributed by atoms with van der Waals surface area (Å²) in [4.78, 5) is 24.2. The van der Waals surface area contributed by atoms with Crippen LogP contribution < -0.4 is 11.5 Å². The van der Waals surface area contributed by atoms with Gasteiger partial charge in [0, 0.05) is 4.57 Å². The normalized spacial score (nSPS) is 22.6. The molecule has 190 valence electrons. The van der Waals surface area contributed by atoms with Gasteiger partial charge in [0.05, 0.1) is 25.9 Å². The molecule has 1 unspecified atom stereocenters. The van der Waals surface area contributed by atoms with Gasteiger partial charge in [-0.3, -0.25) is 9.13 Å². The second kappa shape index (κ2) is 10.3. The molecule has 1 aliphatic heterocycles. The van der Waals surface area contributed by atoms with Gasteiger partial charge >= 0.3 is 8.25 Å². The number of nitrogen functional groups attached to an aromatic ring is 2. The lowest BCUT2D eigenvalue weighted by atomic mass is 10.1. The van der Waals surface area contributed by atoms with Crippen LogP contribution >= 0.6 is 8.25 Å². The van der Waals surface area contributed by atoms with Crippen LogP contribution in [0.25, 0.3) is 22.3 Å². The highest BCUT2D eigenvalue weighted by atomic mass is 31.1. The number of fused-ring (bicyclic) bond motifs is 2. The molecule has 4 aromatic heterocycles. The predicted molar refractivity (Wildman–Crippen MR) is 121 cm³/mol. The highest BCUT2D eigenvalue weighted by Gasteiger charge is 2.50. The molecular formula is C18H22N10O7P+. The molecule has 0 spiro atoms. The van der Waals surface area contributed by atoms with Gasteiger partial charge in [-0.2, -0.15) is 0 Å². The van der Waals surface area contributed by atoms with Crippen molar-refractivity contribution in [1.82, 2.24) is 39.0 Å². The second-order valence-electron chi connectivity index (χ2n) is 7.63. The van der Waals surface area contributed by atoms with E-state index in [1.54, 1.807) is 4.57 Å². The average Bonchev–Trinajstić information content (AvgIpc) is 3.56. The van der Waals surface area contributed by atoms with Gasteiger partial charge in [-0.15, -0.1) is 9.05 Å². The van der Waals surface area contributed by atoms with Gasteiger partial charge in [0.2, 0.25) is 0 Å².